The molecule has 3 aromatic carbocycles. The fourth-order valence-corrected chi connectivity index (χ4v) is 5.77. The van der Waals surface area contributed by atoms with Crippen LogP contribution in [0, 0.1) is 13.8 Å². The number of anilines is 1. The molecule has 0 spiro atoms. The molecular formula is C30H36BrN3O4S. The summed E-state index contributed by atoms with van der Waals surface area (Å²) >= 11 is 3.42. The molecule has 39 heavy (non-hydrogen) atoms. The summed E-state index contributed by atoms with van der Waals surface area (Å²) in [6.45, 7) is 8.91. The van der Waals surface area contributed by atoms with E-state index >= 15 is 0 Å². The molecule has 1 N–H and O–H groups in total. The zero-order chi connectivity index (χ0) is 28.7. The molecule has 0 heterocycles. The van der Waals surface area contributed by atoms with Gasteiger partial charge in [0.1, 0.15) is 12.6 Å². The molecule has 0 unspecified atom stereocenters. The number of hydrogen-bond acceptors (Lipinski definition) is 4. The summed E-state index contributed by atoms with van der Waals surface area (Å²) in [5.41, 5.74) is 2.86. The predicted octanol–water partition coefficient (Wildman–Crippen LogP) is 5.59. The molecule has 7 nitrogen and oxygen atoms in total. The molecule has 0 saturated carbocycles. The third-order valence-electron chi connectivity index (χ3n) is 6.71. The Balaban J connectivity index is 2.03. The molecule has 208 valence electrons. The fraction of sp³-hybridized carbons (Fsp3) is 0.333. The highest BCUT2D eigenvalue weighted by Gasteiger charge is 2.33. The number of halogens is 1. The van der Waals surface area contributed by atoms with Crippen molar-refractivity contribution in [1.82, 2.24) is 10.2 Å². The second-order valence-corrected chi connectivity index (χ2v) is 12.5. The highest BCUT2D eigenvalue weighted by Crippen LogP contribution is 2.27. The van der Waals surface area contributed by atoms with E-state index in [9.17, 15) is 18.0 Å². The van der Waals surface area contributed by atoms with Crippen molar-refractivity contribution in [3.63, 3.8) is 0 Å². The molecule has 0 radical (unpaired) electrons. The lowest BCUT2D eigenvalue weighted by Crippen LogP contribution is -2.52. The van der Waals surface area contributed by atoms with Gasteiger partial charge in [-0.05, 0) is 75.6 Å². The van der Waals surface area contributed by atoms with Crippen molar-refractivity contribution in [3.05, 3.63) is 94.0 Å². The number of sulfonamides is 1. The molecule has 0 aliphatic rings. The summed E-state index contributed by atoms with van der Waals surface area (Å²) in [7, 11) is -4.09. The van der Waals surface area contributed by atoms with Gasteiger partial charge in [-0.2, -0.15) is 0 Å². The maximum Gasteiger partial charge on any atom is 0.264 e. The van der Waals surface area contributed by atoms with Gasteiger partial charge in [0.25, 0.3) is 10.0 Å². The number of rotatable bonds is 11. The minimum atomic E-state index is -4.09. The molecule has 0 aliphatic carbocycles. The number of aryl methyl sites for hydroxylation is 2. The van der Waals surface area contributed by atoms with E-state index in [-0.39, 0.29) is 23.4 Å². The summed E-state index contributed by atoms with van der Waals surface area (Å²) in [6, 6.07) is 20.2. The van der Waals surface area contributed by atoms with E-state index < -0.39 is 28.5 Å². The van der Waals surface area contributed by atoms with Crippen molar-refractivity contribution >= 4 is 43.5 Å². The van der Waals surface area contributed by atoms with E-state index in [1.165, 1.54) is 4.90 Å². The van der Waals surface area contributed by atoms with Crippen LogP contribution in [0.15, 0.2) is 82.2 Å². The van der Waals surface area contributed by atoms with E-state index in [2.05, 4.69) is 21.2 Å². The standard InChI is InChI=1S/C30H36BrN3O4S/c1-6-23(4)32-30(36)24(5)33(19-25-13-15-26(31)16-14-25)29(35)20-34(28-10-8-7-9-22(28)3)39(37,38)27-17-11-21(2)12-18-27/h7-18,23-24H,6,19-20H2,1-5H3,(H,32,36)/t23-,24-/m0/s1. The number of para-hydroxylation sites is 1. The summed E-state index contributed by atoms with van der Waals surface area (Å²) < 4.78 is 29.9. The summed E-state index contributed by atoms with van der Waals surface area (Å²) in [5, 5.41) is 2.94. The molecule has 0 aromatic heterocycles. The third kappa shape index (κ3) is 7.70. The number of carbonyl (C=O) groups excluding carboxylic acids is 2. The zero-order valence-corrected chi connectivity index (χ0v) is 25.4. The Bertz CT molecular complexity index is 1390. The van der Waals surface area contributed by atoms with Gasteiger partial charge in [0.15, 0.2) is 0 Å². The zero-order valence-electron chi connectivity index (χ0n) is 23.0. The molecule has 2 atom stereocenters. The lowest BCUT2D eigenvalue weighted by atomic mass is 10.1. The average molecular weight is 615 g/mol. The molecule has 9 heteroatoms. The number of benzene rings is 3. The van der Waals surface area contributed by atoms with Crippen LogP contribution in [0.4, 0.5) is 5.69 Å². The Hall–Kier alpha value is -3.17. The summed E-state index contributed by atoms with van der Waals surface area (Å²) in [5.74, 6) is -0.776. The van der Waals surface area contributed by atoms with Crippen LogP contribution in [-0.2, 0) is 26.2 Å². The van der Waals surface area contributed by atoms with Gasteiger partial charge in [-0.1, -0.05) is 70.9 Å². The van der Waals surface area contributed by atoms with Crippen LogP contribution in [0.2, 0.25) is 0 Å². The third-order valence-corrected chi connectivity index (χ3v) is 9.01. The second-order valence-electron chi connectivity index (χ2n) is 9.75. The minimum Gasteiger partial charge on any atom is -0.352 e. The number of nitrogens with one attached hydrogen (secondary N) is 1. The van der Waals surface area contributed by atoms with Crippen molar-refractivity contribution < 1.29 is 18.0 Å². The summed E-state index contributed by atoms with van der Waals surface area (Å²) in [4.78, 5) is 28.6. The van der Waals surface area contributed by atoms with Gasteiger partial charge in [0.2, 0.25) is 11.8 Å². The molecule has 3 rings (SSSR count). The van der Waals surface area contributed by atoms with Crippen LogP contribution in [-0.4, -0.2) is 43.8 Å². The van der Waals surface area contributed by atoms with Crippen LogP contribution < -0.4 is 9.62 Å². The molecule has 0 bridgehead atoms. The Morgan fingerprint density at radius 3 is 2.13 bits per heavy atom. The largest absolute Gasteiger partial charge is 0.352 e. The van der Waals surface area contributed by atoms with E-state index in [4.69, 9.17) is 0 Å². The number of hydrogen-bond donors (Lipinski definition) is 1. The maximum absolute atomic E-state index is 14.0. The lowest BCUT2D eigenvalue weighted by molar-refractivity contribution is -0.139. The monoisotopic (exact) mass is 613 g/mol. The first-order chi connectivity index (χ1) is 18.4. The van der Waals surface area contributed by atoms with Crippen molar-refractivity contribution in [2.45, 2.75) is 64.6 Å². The molecule has 0 fully saturated rings. The fourth-order valence-electron chi connectivity index (χ4n) is 4.03. The number of amides is 2. The highest BCUT2D eigenvalue weighted by atomic mass is 79.9. The quantitative estimate of drug-likeness (QED) is 0.305. The van der Waals surface area contributed by atoms with E-state index in [1.54, 1.807) is 56.3 Å². The van der Waals surface area contributed by atoms with Crippen molar-refractivity contribution in [1.29, 1.82) is 0 Å². The van der Waals surface area contributed by atoms with Gasteiger partial charge in [0, 0.05) is 17.1 Å². The van der Waals surface area contributed by atoms with Crippen LogP contribution in [0.5, 0.6) is 0 Å². The average Bonchev–Trinajstić information content (AvgIpc) is 2.91. The summed E-state index contributed by atoms with van der Waals surface area (Å²) in [6.07, 6.45) is 0.745. The lowest BCUT2D eigenvalue weighted by Gasteiger charge is -2.33. The van der Waals surface area contributed by atoms with Crippen molar-refractivity contribution in [2.75, 3.05) is 10.8 Å². The molecule has 0 saturated heterocycles. The minimum absolute atomic E-state index is 0.0602. The first-order valence-electron chi connectivity index (χ1n) is 12.9. The topological polar surface area (TPSA) is 86.8 Å². The molecule has 0 aliphatic heterocycles. The van der Waals surface area contributed by atoms with E-state index in [1.807, 2.05) is 51.1 Å². The second kappa shape index (κ2) is 13.3. The SMILES string of the molecule is CC[C@H](C)NC(=O)[C@H](C)N(Cc1ccc(Br)cc1)C(=O)CN(c1ccccc1C)S(=O)(=O)c1ccc(C)cc1. The van der Waals surface area contributed by atoms with Crippen molar-refractivity contribution in [3.8, 4) is 0 Å². The van der Waals surface area contributed by atoms with Crippen LogP contribution in [0.3, 0.4) is 0 Å². The van der Waals surface area contributed by atoms with Gasteiger partial charge in [-0.15, -0.1) is 0 Å². The predicted molar refractivity (Wildman–Crippen MR) is 159 cm³/mol. The normalized spacial score (nSPS) is 12.9. The Labute approximate surface area is 240 Å². The Morgan fingerprint density at radius 1 is 0.923 bits per heavy atom. The van der Waals surface area contributed by atoms with Gasteiger partial charge >= 0.3 is 0 Å². The van der Waals surface area contributed by atoms with Crippen molar-refractivity contribution in [2.24, 2.45) is 0 Å². The van der Waals surface area contributed by atoms with Crippen LogP contribution in [0.1, 0.15) is 43.9 Å². The van der Waals surface area contributed by atoms with Crippen LogP contribution in [0.25, 0.3) is 0 Å². The van der Waals surface area contributed by atoms with E-state index in [0.29, 0.717) is 11.3 Å². The smallest absolute Gasteiger partial charge is 0.264 e. The Kier molecular flexibility index (Phi) is 10.3. The maximum atomic E-state index is 14.0. The number of carbonyl (C=O) groups is 2. The first-order valence-corrected chi connectivity index (χ1v) is 15.2. The number of nitrogens with zero attached hydrogens (tertiary/aromatic N) is 2. The van der Waals surface area contributed by atoms with Gasteiger partial charge < -0.3 is 10.2 Å². The van der Waals surface area contributed by atoms with Gasteiger partial charge in [0.05, 0.1) is 10.6 Å². The molecule has 3 aromatic rings. The first kappa shape index (κ1) is 30.4. The Morgan fingerprint density at radius 2 is 1.54 bits per heavy atom. The van der Waals surface area contributed by atoms with Gasteiger partial charge in [-0.3, -0.25) is 13.9 Å². The van der Waals surface area contributed by atoms with E-state index in [0.717, 1.165) is 26.3 Å². The molecule has 2 amide bonds. The van der Waals surface area contributed by atoms with Gasteiger partial charge in [-0.25, -0.2) is 8.42 Å². The molecular weight excluding hydrogens is 578 g/mol. The van der Waals surface area contributed by atoms with Crippen LogP contribution >= 0.6 is 15.9 Å². The highest BCUT2D eigenvalue weighted by molar-refractivity contribution is 9.10.